The van der Waals surface area contributed by atoms with Crippen LogP contribution in [-0.2, 0) is 4.79 Å². The van der Waals surface area contributed by atoms with Crippen LogP contribution < -0.4 is 10.5 Å². The molecule has 0 saturated carbocycles. The highest BCUT2D eigenvalue weighted by Crippen LogP contribution is 2.29. The fourth-order valence-corrected chi connectivity index (χ4v) is 1.63. The maximum absolute atomic E-state index is 10.8. The molecule has 1 unspecified atom stereocenters. The molecule has 3 N–H and O–H groups in total. The van der Waals surface area contributed by atoms with Gasteiger partial charge in [-0.1, -0.05) is 17.7 Å². The van der Waals surface area contributed by atoms with Gasteiger partial charge in [0.25, 0.3) is 0 Å². The van der Waals surface area contributed by atoms with E-state index in [0.29, 0.717) is 11.3 Å². The maximum Gasteiger partial charge on any atom is 0.325 e. The first-order valence-corrected chi connectivity index (χ1v) is 4.61. The number of methoxy groups -OCH3 is 1. The number of hydrogen-bond acceptors (Lipinski definition) is 3. The molecule has 4 heteroatoms. The molecule has 1 rings (SSSR count). The number of nitrogens with two attached hydrogens (primary N) is 1. The number of ether oxygens (including phenoxy) is 1. The topological polar surface area (TPSA) is 72.5 Å². The van der Waals surface area contributed by atoms with Gasteiger partial charge in [0.2, 0.25) is 0 Å². The van der Waals surface area contributed by atoms with Gasteiger partial charge < -0.3 is 15.6 Å². The van der Waals surface area contributed by atoms with Crippen LogP contribution in [0.1, 0.15) is 22.7 Å². The molecule has 0 aliphatic heterocycles. The van der Waals surface area contributed by atoms with Crippen LogP contribution in [0.5, 0.6) is 5.75 Å². The van der Waals surface area contributed by atoms with Gasteiger partial charge >= 0.3 is 5.97 Å². The van der Waals surface area contributed by atoms with Crippen molar-refractivity contribution in [2.24, 2.45) is 5.73 Å². The Balaban J connectivity index is 3.32. The van der Waals surface area contributed by atoms with Gasteiger partial charge in [0.1, 0.15) is 11.8 Å². The highest BCUT2D eigenvalue weighted by molar-refractivity contribution is 5.76. The first kappa shape index (κ1) is 11.5. The smallest absolute Gasteiger partial charge is 0.325 e. The molecule has 0 radical (unpaired) electrons. The lowest BCUT2D eigenvalue weighted by Crippen LogP contribution is -2.21. The first-order chi connectivity index (χ1) is 6.97. The van der Waals surface area contributed by atoms with Crippen LogP contribution in [0.15, 0.2) is 12.1 Å². The van der Waals surface area contributed by atoms with Crippen LogP contribution in [-0.4, -0.2) is 18.2 Å². The molecule has 15 heavy (non-hydrogen) atoms. The standard InChI is InChI=1S/C11H15NO3/c1-6-4-7(2)10(15-3)8(5-6)9(12)11(13)14/h4-5,9H,12H2,1-3H3,(H,13,14). The summed E-state index contributed by atoms with van der Waals surface area (Å²) in [4.78, 5) is 10.8. The summed E-state index contributed by atoms with van der Waals surface area (Å²) >= 11 is 0. The van der Waals surface area contributed by atoms with Crippen molar-refractivity contribution in [3.63, 3.8) is 0 Å². The summed E-state index contributed by atoms with van der Waals surface area (Å²) in [7, 11) is 1.51. The summed E-state index contributed by atoms with van der Waals surface area (Å²) in [6.07, 6.45) is 0. The van der Waals surface area contributed by atoms with Gasteiger partial charge in [0, 0.05) is 5.56 Å². The van der Waals surface area contributed by atoms with Gasteiger partial charge in [-0.2, -0.15) is 0 Å². The number of hydrogen-bond donors (Lipinski definition) is 2. The van der Waals surface area contributed by atoms with Crippen molar-refractivity contribution >= 4 is 5.97 Å². The normalized spacial score (nSPS) is 12.3. The van der Waals surface area contributed by atoms with E-state index in [2.05, 4.69) is 0 Å². The van der Waals surface area contributed by atoms with Crippen molar-refractivity contribution in [3.05, 3.63) is 28.8 Å². The lowest BCUT2D eigenvalue weighted by molar-refractivity contribution is -0.138. The molecule has 0 aliphatic rings. The zero-order valence-electron chi connectivity index (χ0n) is 9.07. The van der Waals surface area contributed by atoms with E-state index in [4.69, 9.17) is 15.6 Å². The quantitative estimate of drug-likeness (QED) is 0.789. The Kier molecular flexibility index (Phi) is 3.31. The predicted octanol–water partition coefficient (Wildman–Crippen LogP) is 1.40. The van der Waals surface area contributed by atoms with Crippen molar-refractivity contribution in [3.8, 4) is 5.75 Å². The average molecular weight is 209 g/mol. The minimum atomic E-state index is -1.06. The molecule has 0 bridgehead atoms. The molecule has 0 spiro atoms. The Morgan fingerprint density at radius 3 is 2.53 bits per heavy atom. The molecule has 82 valence electrons. The van der Waals surface area contributed by atoms with Crippen molar-refractivity contribution in [2.75, 3.05) is 7.11 Å². The van der Waals surface area contributed by atoms with Gasteiger partial charge in [0.15, 0.2) is 0 Å². The first-order valence-electron chi connectivity index (χ1n) is 4.61. The largest absolute Gasteiger partial charge is 0.496 e. The van der Waals surface area contributed by atoms with Crippen LogP contribution in [0.2, 0.25) is 0 Å². The van der Waals surface area contributed by atoms with Gasteiger partial charge in [-0.3, -0.25) is 4.79 Å². The Labute approximate surface area is 88.7 Å². The second-order valence-electron chi connectivity index (χ2n) is 3.52. The van der Waals surface area contributed by atoms with E-state index in [-0.39, 0.29) is 0 Å². The molecular weight excluding hydrogens is 194 g/mol. The van der Waals surface area contributed by atoms with Gasteiger partial charge in [-0.15, -0.1) is 0 Å². The van der Waals surface area contributed by atoms with Crippen LogP contribution >= 0.6 is 0 Å². The van der Waals surface area contributed by atoms with Gasteiger partial charge in [0.05, 0.1) is 7.11 Å². The monoisotopic (exact) mass is 209 g/mol. The Morgan fingerprint density at radius 2 is 2.07 bits per heavy atom. The zero-order chi connectivity index (χ0) is 11.6. The molecule has 1 aromatic carbocycles. The number of carbonyl (C=O) groups is 1. The van der Waals surface area contributed by atoms with E-state index < -0.39 is 12.0 Å². The molecule has 1 atom stereocenters. The molecule has 0 aliphatic carbocycles. The minimum Gasteiger partial charge on any atom is -0.496 e. The van der Waals surface area contributed by atoms with E-state index in [1.165, 1.54) is 7.11 Å². The Morgan fingerprint density at radius 1 is 1.47 bits per heavy atom. The molecular formula is C11H15NO3. The number of carboxylic acids is 1. The summed E-state index contributed by atoms with van der Waals surface area (Å²) in [6.45, 7) is 3.76. The maximum atomic E-state index is 10.8. The third kappa shape index (κ3) is 2.27. The number of benzene rings is 1. The molecule has 1 aromatic rings. The fraction of sp³-hybridized carbons (Fsp3) is 0.364. The highest BCUT2D eigenvalue weighted by atomic mass is 16.5. The van der Waals surface area contributed by atoms with E-state index in [0.717, 1.165) is 11.1 Å². The summed E-state index contributed by atoms with van der Waals surface area (Å²) in [5.74, 6) is -0.506. The second-order valence-corrected chi connectivity index (χ2v) is 3.52. The Bertz CT molecular complexity index is 388. The van der Waals surface area contributed by atoms with Crippen LogP contribution in [0.4, 0.5) is 0 Å². The summed E-state index contributed by atoms with van der Waals surface area (Å²) in [5, 5.41) is 8.86. The minimum absolute atomic E-state index is 0.516. The van der Waals surface area contributed by atoms with E-state index >= 15 is 0 Å². The van der Waals surface area contributed by atoms with Crippen LogP contribution in [0.25, 0.3) is 0 Å². The average Bonchev–Trinajstić information content (AvgIpc) is 2.15. The lowest BCUT2D eigenvalue weighted by atomic mass is 10.0. The Hall–Kier alpha value is -1.55. The second kappa shape index (κ2) is 4.31. The van der Waals surface area contributed by atoms with Crippen LogP contribution in [0.3, 0.4) is 0 Å². The molecule has 0 heterocycles. The molecule has 4 nitrogen and oxygen atoms in total. The third-order valence-electron chi connectivity index (χ3n) is 2.25. The number of rotatable bonds is 3. The summed E-state index contributed by atoms with van der Waals surface area (Å²) in [6, 6.07) is 2.63. The third-order valence-corrected chi connectivity index (χ3v) is 2.25. The molecule has 0 saturated heterocycles. The van der Waals surface area contributed by atoms with Crippen molar-refractivity contribution in [2.45, 2.75) is 19.9 Å². The van der Waals surface area contributed by atoms with E-state index in [1.807, 2.05) is 19.9 Å². The van der Waals surface area contributed by atoms with E-state index in [1.54, 1.807) is 6.07 Å². The SMILES string of the molecule is COc1c(C)cc(C)cc1C(N)C(=O)O. The number of aryl methyl sites for hydroxylation is 2. The van der Waals surface area contributed by atoms with Crippen molar-refractivity contribution in [1.29, 1.82) is 0 Å². The number of aliphatic carboxylic acids is 1. The molecule has 0 aromatic heterocycles. The molecule has 0 amide bonds. The lowest BCUT2D eigenvalue weighted by Gasteiger charge is -2.15. The van der Waals surface area contributed by atoms with Crippen molar-refractivity contribution < 1.29 is 14.6 Å². The zero-order valence-corrected chi connectivity index (χ0v) is 9.07. The highest BCUT2D eigenvalue weighted by Gasteiger charge is 2.20. The predicted molar refractivity (Wildman–Crippen MR) is 57.0 cm³/mol. The van der Waals surface area contributed by atoms with Gasteiger partial charge in [-0.05, 0) is 19.4 Å². The van der Waals surface area contributed by atoms with E-state index in [9.17, 15) is 4.79 Å². The number of carboxylic acid groups (broad SMARTS) is 1. The fourth-order valence-electron chi connectivity index (χ4n) is 1.63. The van der Waals surface area contributed by atoms with Crippen LogP contribution in [0, 0.1) is 13.8 Å². The molecule has 0 fully saturated rings. The summed E-state index contributed by atoms with van der Waals surface area (Å²) in [5.41, 5.74) is 7.95. The van der Waals surface area contributed by atoms with Gasteiger partial charge in [-0.25, -0.2) is 0 Å². The summed E-state index contributed by atoms with van der Waals surface area (Å²) < 4.78 is 5.16. The van der Waals surface area contributed by atoms with Crippen molar-refractivity contribution in [1.82, 2.24) is 0 Å².